The van der Waals surface area contributed by atoms with Gasteiger partial charge in [0, 0.05) is 16.1 Å². The van der Waals surface area contributed by atoms with E-state index in [0.717, 1.165) is 28.7 Å². The van der Waals surface area contributed by atoms with Gasteiger partial charge in [-0.25, -0.2) is 8.42 Å². The van der Waals surface area contributed by atoms with Crippen LogP contribution >= 0.6 is 27.3 Å². The summed E-state index contributed by atoms with van der Waals surface area (Å²) in [7, 11) is -3.66. The fourth-order valence-electron chi connectivity index (χ4n) is 2.17. The van der Waals surface area contributed by atoms with Gasteiger partial charge in [0.25, 0.3) is 15.9 Å². The van der Waals surface area contributed by atoms with Gasteiger partial charge in [-0.1, -0.05) is 22.0 Å². The molecule has 0 amide bonds. The highest BCUT2D eigenvalue weighted by molar-refractivity contribution is 9.10. The predicted octanol–water partition coefficient (Wildman–Crippen LogP) is 4.24. The predicted molar refractivity (Wildman–Crippen MR) is 94.5 cm³/mol. The van der Waals surface area contributed by atoms with Crippen LogP contribution in [-0.2, 0) is 10.0 Å². The Bertz CT molecular complexity index is 993. The standard InChI is InChI=1S/C15H12BrN3O3S2/c16-10-2-1-3-11(8-10)19-24(20,21)13-7-6-12(23-13)15-18-17-14(22-15)9-4-5-9/h1-3,6-9,19H,4-5H2. The van der Waals surface area contributed by atoms with Gasteiger partial charge in [-0.05, 0) is 43.2 Å². The molecule has 0 unspecified atom stereocenters. The third kappa shape index (κ3) is 3.24. The number of hydrogen-bond acceptors (Lipinski definition) is 6. The summed E-state index contributed by atoms with van der Waals surface area (Å²) in [6, 6.07) is 10.2. The Kier molecular flexibility index (Phi) is 3.93. The first-order valence-corrected chi connectivity index (χ1v) is 10.3. The second kappa shape index (κ2) is 5.98. The third-order valence-corrected chi connectivity index (χ3v) is 6.94. The van der Waals surface area contributed by atoms with Crippen LogP contribution in [-0.4, -0.2) is 18.6 Å². The highest BCUT2D eigenvalue weighted by Gasteiger charge is 2.30. The number of benzene rings is 1. The van der Waals surface area contributed by atoms with Crippen LogP contribution in [0.3, 0.4) is 0 Å². The van der Waals surface area contributed by atoms with Crippen LogP contribution in [0.5, 0.6) is 0 Å². The van der Waals surface area contributed by atoms with E-state index in [1.165, 1.54) is 0 Å². The summed E-state index contributed by atoms with van der Waals surface area (Å²) in [5.41, 5.74) is 0.494. The van der Waals surface area contributed by atoms with Crippen molar-refractivity contribution in [3.8, 4) is 10.8 Å². The Morgan fingerprint density at radius 2 is 2.04 bits per heavy atom. The molecule has 0 bridgehead atoms. The number of anilines is 1. The summed E-state index contributed by atoms with van der Waals surface area (Å²) in [6.07, 6.45) is 2.14. The number of thiophene rings is 1. The zero-order valence-electron chi connectivity index (χ0n) is 12.3. The zero-order valence-corrected chi connectivity index (χ0v) is 15.5. The monoisotopic (exact) mass is 425 g/mol. The second-order valence-corrected chi connectivity index (χ2v) is 9.36. The van der Waals surface area contributed by atoms with Gasteiger partial charge in [0.05, 0.1) is 4.88 Å². The second-order valence-electron chi connectivity index (χ2n) is 5.45. The van der Waals surface area contributed by atoms with E-state index in [4.69, 9.17) is 4.42 Å². The van der Waals surface area contributed by atoms with Crippen LogP contribution in [0.4, 0.5) is 5.69 Å². The van der Waals surface area contributed by atoms with Crippen molar-refractivity contribution in [1.82, 2.24) is 10.2 Å². The Morgan fingerprint density at radius 1 is 1.21 bits per heavy atom. The summed E-state index contributed by atoms with van der Waals surface area (Å²) < 4.78 is 34.2. The molecule has 1 aliphatic carbocycles. The summed E-state index contributed by atoms with van der Waals surface area (Å²) in [5.74, 6) is 1.37. The largest absolute Gasteiger partial charge is 0.420 e. The van der Waals surface area contributed by atoms with Crippen LogP contribution in [0.15, 0.2) is 49.5 Å². The van der Waals surface area contributed by atoms with E-state index in [1.54, 1.807) is 30.3 Å². The smallest absolute Gasteiger partial charge is 0.271 e. The fourth-order valence-corrected chi connectivity index (χ4v) is 4.84. The van der Waals surface area contributed by atoms with Crippen molar-refractivity contribution in [2.75, 3.05) is 4.72 Å². The van der Waals surface area contributed by atoms with E-state index < -0.39 is 10.0 Å². The third-order valence-electron chi connectivity index (χ3n) is 3.50. The average Bonchev–Trinajstić information content (AvgIpc) is 3.07. The lowest BCUT2D eigenvalue weighted by Gasteiger charge is -2.06. The van der Waals surface area contributed by atoms with Gasteiger partial charge in [-0.15, -0.1) is 21.5 Å². The summed E-state index contributed by atoms with van der Waals surface area (Å²) in [5, 5.41) is 8.03. The summed E-state index contributed by atoms with van der Waals surface area (Å²) >= 11 is 4.42. The lowest BCUT2D eigenvalue weighted by atomic mass is 10.3. The summed E-state index contributed by atoms with van der Waals surface area (Å²) in [4.78, 5) is 0.643. The number of nitrogens with one attached hydrogen (secondary N) is 1. The molecule has 1 aliphatic rings. The molecule has 124 valence electrons. The van der Waals surface area contributed by atoms with Gasteiger partial charge < -0.3 is 4.42 Å². The molecule has 0 saturated heterocycles. The van der Waals surface area contributed by atoms with Crippen LogP contribution in [0.2, 0.25) is 0 Å². The van der Waals surface area contributed by atoms with E-state index in [0.29, 0.717) is 28.3 Å². The van der Waals surface area contributed by atoms with Crippen LogP contribution < -0.4 is 4.72 Å². The van der Waals surface area contributed by atoms with E-state index in [9.17, 15) is 8.42 Å². The number of hydrogen-bond donors (Lipinski definition) is 1. The van der Waals surface area contributed by atoms with Crippen LogP contribution in [0.1, 0.15) is 24.7 Å². The van der Waals surface area contributed by atoms with E-state index >= 15 is 0 Å². The Labute approximate surface area is 151 Å². The molecule has 9 heteroatoms. The maximum absolute atomic E-state index is 12.5. The lowest BCUT2D eigenvalue weighted by Crippen LogP contribution is -2.11. The highest BCUT2D eigenvalue weighted by Crippen LogP contribution is 2.40. The van der Waals surface area contributed by atoms with Gasteiger partial charge in [-0.2, -0.15) is 0 Å². The molecular weight excluding hydrogens is 414 g/mol. The zero-order chi connectivity index (χ0) is 16.7. The van der Waals surface area contributed by atoms with E-state index in [2.05, 4.69) is 30.8 Å². The molecule has 0 radical (unpaired) electrons. The summed E-state index contributed by atoms with van der Waals surface area (Å²) in [6.45, 7) is 0. The van der Waals surface area contributed by atoms with E-state index in [1.807, 2.05) is 6.07 Å². The molecule has 1 aromatic carbocycles. The number of aromatic nitrogens is 2. The van der Waals surface area contributed by atoms with Crippen molar-refractivity contribution >= 4 is 43.0 Å². The molecule has 1 N–H and O–H groups in total. The van der Waals surface area contributed by atoms with Crippen LogP contribution in [0.25, 0.3) is 10.8 Å². The Hall–Kier alpha value is -1.71. The molecule has 3 aromatic rings. The first kappa shape index (κ1) is 15.8. The van der Waals surface area contributed by atoms with Gasteiger partial charge in [0.15, 0.2) is 0 Å². The average molecular weight is 426 g/mol. The van der Waals surface area contributed by atoms with Gasteiger partial charge in [0.2, 0.25) is 5.89 Å². The molecule has 2 aromatic heterocycles. The van der Waals surface area contributed by atoms with E-state index in [-0.39, 0.29) is 4.21 Å². The van der Waals surface area contributed by atoms with Crippen molar-refractivity contribution in [3.05, 3.63) is 46.8 Å². The molecule has 2 heterocycles. The number of nitrogens with zero attached hydrogens (tertiary/aromatic N) is 2. The fraction of sp³-hybridized carbons (Fsp3) is 0.200. The molecule has 0 aliphatic heterocycles. The first-order chi connectivity index (χ1) is 11.5. The molecule has 4 rings (SSSR count). The van der Waals surface area contributed by atoms with Gasteiger partial charge in [-0.3, -0.25) is 4.72 Å². The molecule has 1 fully saturated rings. The van der Waals surface area contributed by atoms with Crippen molar-refractivity contribution < 1.29 is 12.8 Å². The molecule has 0 spiro atoms. The maximum Gasteiger partial charge on any atom is 0.271 e. The van der Waals surface area contributed by atoms with Crippen molar-refractivity contribution in [2.45, 2.75) is 23.0 Å². The molecule has 1 saturated carbocycles. The molecule has 6 nitrogen and oxygen atoms in total. The lowest BCUT2D eigenvalue weighted by molar-refractivity contribution is 0.509. The number of halogens is 1. The molecular formula is C15H12BrN3O3S2. The molecule has 0 atom stereocenters. The van der Waals surface area contributed by atoms with Gasteiger partial charge >= 0.3 is 0 Å². The SMILES string of the molecule is O=S(=O)(Nc1cccc(Br)c1)c1ccc(-c2nnc(C3CC3)o2)s1. The Morgan fingerprint density at radius 3 is 2.79 bits per heavy atom. The van der Waals surface area contributed by atoms with Crippen molar-refractivity contribution in [3.63, 3.8) is 0 Å². The number of sulfonamides is 1. The maximum atomic E-state index is 12.5. The number of rotatable bonds is 5. The minimum atomic E-state index is -3.66. The normalized spacial score (nSPS) is 14.7. The molecule has 24 heavy (non-hydrogen) atoms. The van der Waals surface area contributed by atoms with Crippen molar-refractivity contribution in [2.24, 2.45) is 0 Å². The van der Waals surface area contributed by atoms with Crippen molar-refractivity contribution in [1.29, 1.82) is 0 Å². The van der Waals surface area contributed by atoms with Gasteiger partial charge in [0.1, 0.15) is 4.21 Å². The first-order valence-electron chi connectivity index (χ1n) is 7.23. The highest BCUT2D eigenvalue weighted by atomic mass is 79.9. The topological polar surface area (TPSA) is 85.1 Å². The minimum absolute atomic E-state index is 0.198. The quantitative estimate of drug-likeness (QED) is 0.660. The Balaban J connectivity index is 1.58. The minimum Gasteiger partial charge on any atom is -0.420 e. The van der Waals surface area contributed by atoms with Crippen LogP contribution in [0, 0.1) is 0 Å².